The van der Waals surface area contributed by atoms with Gasteiger partial charge in [0.25, 0.3) is 0 Å². The zero-order valence-corrected chi connectivity index (χ0v) is 18.0. The number of carbonyl (C=O) groups is 1. The number of ether oxygens (including phenoxy) is 2. The van der Waals surface area contributed by atoms with Gasteiger partial charge in [0.2, 0.25) is 0 Å². The number of hydrogen-bond acceptors (Lipinski definition) is 4. The minimum Gasteiger partial charge on any atom is -0.469 e. The van der Waals surface area contributed by atoms with E-state index in [-0.39, 0.29) is 17.8 Å². The maximum atomic E-state index is 12.0. The summed E-state index contributed by atoms with van der Waals surface area (Å²) in [7, 11) is 3.22. The molecule has 160 valence electrons. The highest BCUT2D eigenvalue weighted by molar-refractivity contribution is 5.82. The molecule has 1 aliphatic rings. The Labute approximate surface area is 178 Å². The van der Waals surface area contributed by atoms with E-state index in [1.807, 2.05) is 24.3 Å². The van der Waals surface area contributed by atoms with Crippen molar-refractivity contribution in [3.8, 4) is 0 Å². The van der Waals surface area contributed by atoms with Gasteiger partial charge in [0.05, 0.1) is 26.2 Å². The Kier molecular flexibility index (Phi) is 7.85. The minimum absolute atomic E-state index is 0.112. The largest absolute Gasteiger partial charge is 0.469 e. The van der Waals surface area contributed by atoms with Gasteiger partial charge in [-0.25, -0.2) is 0 Å². The normalized spacial score (nSPS) is 19.0. The van der Waals surface area contributed by atoms with E-state index in [0.717, 1.165) is 23.6 Å². The molecule has 1 saturated heterocycles. The summed E-state index contributed by atoms with van der Waals surface area (Å²) in [4.78, 5) is 18.5. The molecule has 2 aromatic rings. The average Bonchev–Trinajstić information content (AvgIpc) is 3.16. The van der Waals surface area contributed by atoms with E-state index < -0.39 is 0 Å². The van der Waals surface area contributed by atoms with Gasteiger partial charge in [0, 0.05) is 26.7 Å². The minimum atomic E-state index is -0.149. The van der Waals surface area contributed by atoms with Gasteiger partial charge in [-0.2, -0.15) is 0 Å². The molecule has 1 heterocycles. The van der Waals surface area contributed by atoms with Crippen molar-refractivity contribution in [2.24, 2.45) is 16.8 Å². The number of likely N-dealkylation sites (tertiary alicyclic amines) is 1. The SMILES string of the molecule is CN=C(NCc1cccc(COCc2ccccc2)c1)N1CC(C)C(C(=O)OC)C1. The molecule has 0 radical (unpaired) electrons. The van der Waals surface area contributed by atoms with Gasteiger partial charge >= 0.3 is 5.97 Å². The van der Waals surface area contributed by atoms with Crippen LogP contribution in [0, 0.1) is 11.8 Å². The Morgan fingerprint density at radius 2 is 1.77 bits per heavy atom. The van der Waals surface area contributed by atoms with Crippen molar-refractivity contribution >= 4 is 11.9 Å². The molecular weight excluding hydrogens is 378 g/mol. The number of nitrogens with one attached hydrogen (secondary N) is 1. The number of aliphatic imine (C=N–C) groups is 1. The van der Waals surface area contributed by atoms with Crippen LogP contribution < -0.4 is 5.32 Å². The summed E-state index contributed by atoms with van der Waals surface area (Å²) in [5.41, 5.74) is 3.47. The highest BCUT2D eigenvalue weighted by Gasteiger charge is 2.36. The van der Waals surface area contributed by atoms with Gasteiger partial charge in [-0.1, -0.05) is 61.5 Å². The third-order valence-corrected chi connectivity index (χ3v) is 5.45. The first kappa shape index (κ1) is 21.8. The van der Waals surface area contributed by atoms with Gasteiger partial charge in [0.15, 0.2) is 5.96 Å². The summed E-state index contributed by atoms with van der Waals surface area (Å²) < 4.78 is 10.8. The van der Waals surface area contributed by atoms with Crippen LogP contribution in [-0.4, -0.2) is 44.1 Å². The molecule has 30 heavy (non-hydrogen) atoms. The second kappa shape index (κ2) is 10.8. The fourth-order valence-corrected chi connectivity index (χ4v) is 3.80. The molecule has 0 aliphatic carbocycles. The van der Waals surface area contributed by atoms with E-state index in [9.17, 15) is 4.79 Å². The molecule has 2 unspecified atom stereocenters. The molecule has 2 aromatic carbocycles. The number of rotatable bonds is 7. The number of benzene rings is 2. The first-order valence-corrected chi connectivity index (χ1v) is 10.3. The standard InChI is InChI=1S/C24H31N3O3/c1-18-14-27(15-22(18)23(28)29-3)24(25-2)26-13-20-10-7-11-21(12-20)17-30-16-19-8-5-4-6-9-19/h4-12,18,22H,13-17H2,1-3H3,(H,25,26). The molecule has 0 spiro atoms. The van der Waals surface area contributed by atoms with Crippen molar-refractivity contribution < 1.29 is 14.3 Å². The fourth-order valence-electron chi connectivity index (χ4n) is 3.80. The molecule has 0 bridgehead atoms. The second-order valence-electron chi connectivity index (χ2n) is 7.71. The zero-order valence-electron chi connectivity index (χ0n) is 18.0. The smallest absolute Gasteiger partial charge is 0.310 e. The number of nitrogens with zero attached hydrogens (tertiary/aromatic N) is 2. The van der Waals surface area contributed by atoms with Crippen LogP contribution in [0.15, 0.2) is 59.6 Å². The summed E-state index contributed by atoms with van der Waals surface area (Å²) in [6.45, 7) is 5.32. The Bertz CT molecular complexity index is 854. The molecule has 1 aliphatic heterocycles. The number of hydrogen-bond donors (Lipinski definition) is 1. The predicted octanol–water partition coefficient (Wildman–Crippen LogP) is 3.22. The van der Waals surface area contributed by atoms with Gasteiger partial charge in [0.1, 0.15) is 0 Å². The van der Waals surface area contributed by atoms with E-state index in [1.165, 1.54) is 12.7 Å². The lowest BCUT2D eigenvalue weighted by Crippen LogP contribution is -2.40. The lowest BCUT2D eigenvalue weighted by Gasteiger charge is -2.21. The molecule has 0 amide bonds. The zero-order chi connectivity index (χ0) is 21.3. The van der Waals surface area contributed by atoms with Crippen LogP contribution >= 0.6 is 0 Å². The van der Waals surface area contributed by atoms with Gasteiger partial charge in [-0.3, -0.25) is 9.79 Å². The van der Waals surface area contributed by atoms with E-state index in [2.05, 4.69) is 52.5 Å². The van der Waals surface area contributed by atoms with Crippen LogP contribution in [0.5, 0.6) is 0 Å². The third kappa shape index (κ3) is 5.83. The van der Waals surface area contributed by atoms with Crippen LogP contribution in [0.3, 0.4) is 0 Å². The Morgan fingerprint density at radius 1 is 1.07 bits per heavy atom. The summed E-state index contributed by atoms with van der Waals surface area (Å²) in [5, 5.41) is 3.42. The van der Waals surface area contributed by atoms with Crippen LogP contribution in [0.4, 0.5) is 0 Å². The maximum absolute atomic E-state index is 12.0. The number of methoxy groups -OCH3 is 1. The second-order valence-corrected chi connectivity index (χ2v) is 7.71. The Balaban J connectivity index is 1.51. The molecule has 6 nitrogen and oxygen atoms in total. The lowest BCUT2D eigenvalue weighted by molar-refractivity contribution is -0.145. The van der Waals surface area contributed by atoms with Gasteiger partial charge < -0.3 is 19.7 Å². The average molecular weight is 410 g/mol. The van der Waals surface area contributed by atoms with E-state index in [0.29, 0.717) is 26.3 Å². The summed E-state index contributed by atoms with van der Waals surface area (Å²) >= 11 is 0. The molecular formula is C24H31N3O3. The monoisotopic (exact) mass is 409 g/mol. The fraction of sp³-hybridized carbons (Fsp3) is 0.417. The summed E-state index contributed by atoms with van der Waals surface area (Å²) in [6.07, 6.45) is 0. The van der Waals surface area contributed by atoms with Crippen molar-refractivity contribution in [2.45, 2.75) is 26.7 Å². The van der Waals surface area contributed by atoms with E-state index in [4.69, 9.17) is 9.47 Å². The number of carbonyl (C=O) groups excluding carboxylic acids is 1. The van der Waals surface area contributed by atoms with E-state index in [1.54, 1.807) is 7.05 Å². The highest BCUT2D eigenvalue weighted by Crippen LogP contribution is 2.24. The van der Waals surface area contributed by atoms with Crippen molar-refractivity contribution in [2.75, 3.05) is 27.2 Å². The molecule has 2 atom stereocenters. The molecule has 1 N–H and O–H groups in total. The topological polar surface area (TPSA) is 63.2 Å². The van der Waals surface area contributed by atoms with Crippen molar-refractivity contribution in [3.63, 3.8) is 0 Å². The quantitative estimate of drug-likeness (QED) is 0.432. The summed E-state index contributed by atoms with van der Waals surface area (Å²) in [5.74, 6) is 0.780. The van der Waals surface area contributed by atoms with Crippen LogP contribution in [0.1, 0.15) is 23.6 Å². The van der Waals surface area contributed by atoms with Crippen molar-refractivity contribution in [3.05, 3.63) is 71.3 Å². The molecule has 6 heteroatoms. The Hall–Kier alpha value is -2.86. The van der Waals surface area contributed by atoms with Crippen LogP contribution in [0.2, 0.25) is 0 Å². The molecule has 1 fully saturated rings. The number of esters is 1. The lowest BCUT2D eigenvalue weighted by atomic mass is 9.99. The highest BCUT2D eigenvalue weighted by atomic mass is 16.5. The molecule has 0 saturated carbocycles. The van der Waals surface area contributed by atoms with Crippen LogP contribution in [0.25, 0.3) is 0 Å². The maximum Gasteiger partial charge on any atom is 0.310 e. The summed E-state index contributed by atoms with van der Waals surface area (Å²) in [6, 6.07) is 18.5. The third-order valence-electron chi connectivity index (χ3n) is 5.45. The van der Waals surface area contributed by atoms with E-state index >= 15 is 0 Å². The number of guanidine groups is 1. The van der Waals surface area contributed by atoms with Crippen molar-refractivity contribution in [1.82, 2.24) is 10.2 Å². The Morgan fingerprint density at radius 3 is 2.50 bits per heavy atom. The first-order valence-electron chi connectivity index (χ1n) is 10.3. The van der Waals surface area contributed by atoms with Gasteiger partial charge in [-0.05, 0) is 22.6 Å². The first-order chi connectivity index (χ1) is 14.6. The predicted molar refractivity (Wildman–Crippen MR) is 118 cm³/mol. The molecule has 3 rings (SSSR count). The van der Waals surface area contributed by atoms with Crippen LogP contribution in [-0.2, 0) is 34.0 Å². The van der Waals surface area contributed by atoms with Crippen molar-refractivity contribution in [1.29, 1.82) is 0 Å². The molecule has 0 aromatic heterocycles. The van der Waals surface area contributed by atoms with Gasteiger partial charge in [-0.15, -0.1) is 0 Å².